The molecule has 9 heteroatoms. The number of ether oxygens (including phenoxy) is 1. The van der Waals surface area contributed by atoms with Gasteiger partial charge in [0.1, 0.15) is 11.5 Å². The number of nitrogens with zero attached hydrogens (tertiary/aromatic N) is 2. The lowest BCUT2D eigenvalue weighted by molar-refractivity contribution is -0.369. The first-order valence-corrected chi connectivity index (χ1v) is 12.4. The Bertz CT molecular complexity index is 873. The maximum atomic E-state index is 14.2. The molecule has 0 saturated carbocycles. The molecule has 0 spiro atoms. The molecule has 1 saturated heterocycles. The van der Waals surface area contributed by atoms with Crippen LogP contribution in [0.15, 0.2) is 46.7 Å². The maximum Gasteiger partial charge on any atom is 0.355 e. The zero-order valence-electron chi connectivity index (χ0n) is 20.9. The smallest absolute Gasteiger partial charge is 0.355 e. The normalized spacial score (nSPS) is 24.0. The largest absolute Gasteiger partial charge is 0.461 e. The van der Waals surface area contributed by atoms with E-state index in [4.69, 9.17) is 16.3 Å². The summed E-state index contributed by atoms with van der Waals surface area (Å²) in [7, 11) is 0. The first-order valence-electron chi connectivity index (χ1n) is 12.4. The van der Waals surface area contributed by atoms with Gasteiger partial charge in [0.05, 0.1) is 24.4 Å². The summed E-state index contributed by atoms with van der Waals surface area (Å²) in [5.74, 6) is 6.38. The van der Waals surface area contributed by atoms with E-state index in [0.29, 0.717) is 48.3 Å². The summed E-state index contributed by atoms with van der Waals surface area (Å²) in [4.78, 5) is 15.4. The number of nitrogens with two attached hydrogens (primary N) is 2. The quantitative estimate of drug-likeness (QED) is 0.212. The third-order valence-corrected chi connectivity index (χ3v) is 6.88. The Kier molecular flexibility index (Phi) is 8.78. The van der Waals surface area contributed by atoms with Crippen molar-refractivity contribution in [3.8, 4) is 0 Å². The fourth-order valence-corrected chi connectivity index (χ4v) is 4.83. The zero-order valence-corrected chi connectivity index (χ0v) is 20.9. The molecule has 34 heavy (non-hydrogen) atoms. The van der Waals surface area contributed by atoms with Crippen molar-refractivity contribution >= 4 is 5.97 Å². The predicted molar refractivity (Wildman–Crippen MR) is 131 cm³/mol. The molecule has 0 radical (unpaired) electrons. The molecule has 1 atom stereocenters. The van der Waals surface area contributed by atoms with Gasteiger partial charge in [-0.1, -0.05) is 13.8 Å². The molecule has 0 aromatic heterocycles. The Balaban J connectivity index is 1.77. The van der Waals surface area contributed by atoms with Crippen molar-refractivity contribution in [3.05, 3.63) is 46.7 Å². The van der Waals surface area contributed by atoms with Crippen LogP contribution in [0.1, 0.15) is 46.5 Å². The summed E-state index contributed by atoms with van der Waals surface area (Å²) in [5, 5.41) is 4.86. The van der Waals surface area contributed by atoms with Gasteiger partial charge in [-0.2, -0.15) is 0 Å². The van der Waals surface area contributed by atoms with Crippen LogP contribution < -0.4 is 22.6 Å². The van der Waals surface area contributed by atoms with Gasteiger partial charge >= 0.3 is 5.97 Å². The minimum atomic E-state index is -0.629. The van der Waals surface area contributed by atoms with E-state index in [-0.39, 0.29) is 11.5 Å². The number of likely N-dealkylation sites (tertiary alicyclic amines) is 1. The lowest BCUT2D eigenvalue weighted by Gasteiger charge is -2.33. The molecule has 2 aliphatic heterocycles. The van der Waals surface area contributed by atoms with Gasteiger partial charge in [-0.05, 0) is 75.3 Å². The second-order valence-electron chi connectivity index (χ2n) is 10.3. The molecular weight excluding hydrogens is 435 g/mol. The Labute approximate surface area is 202 Å². The summed E-state index contributed by atoms with van der Waals surface area (Å²) in [5.41, 5.74) is 11.5. The van der Waals surface area contributed by atoms with E-state index < -0.39 is 11.5 Å². The van der Waals surface area contributed by atoms with Gasteiger partial charge in [0.25, 0.3) is 0 Å². The van der Waals surface area contributed by atoms with Crippen molar-refractivity contribution in [1.82, 2.24) is 15.2 Å². The number of carbonyl (C=O) groups excluding carboxylic acids is 1. The number of fused-ring (bicyclic) bond motifs is 1. The topological polar surface area (TPSA) is 124 Å². The monoisotopic (exact) mass is 477 g/mol. The van der Waals surface area contributed by atoms with Crippen LogP contribution in [0.5, 0.6) is 0 Å². The molecule has 1 aliphatic carbocycles. The third kappa shape index (κ3) is 6.40. The van der Waals surface area contributed by atoms with Gasteiger partial charge in [0.15, 0.2) is 0 Å². The number of rotatable bonds is 10. The highest BCUT2D eigenvalue weighted by molar-refractivity contribution is 5.93. The molecule has 0 aromatic rings. The van der Waals surface area contributed by atoms with Crippen LogP contribution in [0.4, 0.5) is 4.39 Å². The number of halogens is 1. The van der Waals surface area contributed by atoms with Crippen LogP contribution in [0.2, 0.25) is 0 Å². The molecule has 8 N–H and O–H groups in total. The number of esters is 1. The van der Waals surface area contributed by atoms with Gasteiger partial charge in [0.2, 0.25) is 0 Å². The Morgan fingerprint density at radius 2 is 2.15 bits per heavy atom. The molecule has 1 fully saturated rings. The van der Waals surface area contributed by atoms with Crippen molar-refractivity contribution < 1.29 is 19.7 Å². The Morgan fingerprint density at radius 3 is 2.79 bits per heavy atom. The number of carbonyl (C=O) groups is 1. The van der Waals surface area contributed by atoms with E-state index in [1.807, 2.05) is 6.92 Å². The van der Waals surface area contributed by atoms with Crippen molar-refractivity contribution in [2.24, 2.45) is 23.4 Å². The second kappa shape index (κ2) is 11.4. The minimum absolute atomic E-state index is 0.268. The number of allylic oxidation sites excluding steroid dienone is 3. The molecule has 8 nitrogen and oxygen atoms in total. The highest BCUT2D eigenvalue weighted by Crippen LogP contribution is 2.42. The van der Waals surface area contributed by atoms with Crippen LogP contribution >= 0.6 is 0 Å². The molecule has 0 amide bonds. The first-order chi connectivity index (χ1) is 16.1. The number of hydrogen-bond acceptors (Lipinski definition) is 7. The molecule has 1 unspecified atom stereocenters. The third-order valence-electron chi connectivity index (χ3n) is 6.88. The molecule has 0 aromatic carbocycles. The summed E-state index contributed by atoms with van der Waals surface area (Å²) in [6.07, 6.45) is 7.92. The molecule has 3 aliphatic rings. The van der Waals surface area contributed by atoms with E-state index >= 15 is 0 Å². The lowest BCUT2D eigenvalue weighted by Crippen LogP contribution is -2.55. The van der Waals surface area contributed by atoms with Gasteiger partial charge in [-0.15, -0.1) is 0 Å². The van der Waals surface area contributed by atoms with Crippen LogP contribution in [0.25, 0.3) is 0 Å². The van der Waals surface area contributed by atoms with Crippen molar-refractivity contribution in [2.75, 3.05) is 39.3 Å². The van der Waals surface area contributed by atoms with Crippen LogP contribution in [0.3, 0.4) is 0 Å². The molecular formula is C25H42FN6O2+. The lowest BCUT2D eigenvalue weighted by atomic mass is 9.82. The first kappa shape index (κ1) is 26.2. The number of piperidine rings is 1. The number of hydrazine groups is 1. The molecule has 2 heterocycles. The van der Waals surface area contributed by atoms with E-state index in [0.717, 1.165) is 45.4 Å². The van der Waals surface area contributed by atoms with E-state index in [9.17, 15) is 9.18 Å². The van der Waals surface area contributed by atoms with Crippen LogP contribution in [0, 0.1) is 11.8 Å². The Hall–Kier alpha value is -2.36. The van der Waals surface area contributed by atoms with Gasteiger partial charge in [0, 0.05) is 24.9 Å². The van der Waals surface area contributed by atoms with Crippen molar-refractivity contribution in [2.45, 2.75) is 52.0 Å². The Morgan fingerprint density at radius 1 is 1.44 bits per heavy atom. The fraction of sp³-hybridized carbons (Fsp3) is 0.640. The van der Waals surface area contributed by atoms with Crippen LogP contribution in [-0.4, -0.2) is 60.7 Å². The molecule has 3 rings (SSSR count). The summed E-state index contributed by atoms with van der Waals surface area (Å²) in [6, 6.07) is 0. The van der Waals surface area contributed by atoms with E-state index in [1.54, 1.807) is 11.2 Å². The summed E-state index contributed by atoms with van der Waals surface area (Å²) >= 11 is 0. The minimum Gasteiger partial charge on any atom is -0.461 e. The van der Waals surface area contributed by atoms with E-state index in [1.165, 1.54) is 12.2 Å². The summed E-state index contributed by atoms with van der Waals surface area (Å²) < 4.78 is 19.7. The number of quaternary nitrogens is 1. The number of hydrogen-bond donors (Lipinski definition) is 4. The highest BCUT2D eigenvalue weighted by atomic mass is 19.1. The average molecular weight is 478 g/mol. The second-order valence-corrected chi connectivity index (χ2v) is 10.3. The molecule has 190 valence electrons. The average Bonchev–Trinajstić information content (AvgIpc) is 3.08. The SMILES string of the molecule is CC(C)CCOC(=O)C1=C(C(N)=CN(N)CC2CCN(CC[NH3+])CC2)C2=CC(F)=CCC2(C)N1. The van der Waals surface area contributed by atoms with Gasteiger partial charge in [-0.3, -0.25) is 4.90 Å². The summed E-state index contributed by atoms with van der Waals surface area (Å²) in [6.45, 7) is 11.1. The van der Waals surface area contributed by atoms with Crippen molar-refractivity contribution in [1.29, 1.82) is 0 Å². The fourth-order valence-electron chi connectivity index (χ4n) is 4.83. The molecule has 0 bridgehead atoms. The van der Waals surface area contributed by atoms with Gasteiger partial charge < -0.3 is 26.5 Å². The van der Waals surface area contributed by atoms with Crippen LogP contribution in [-0.2, 0) is 9.53 Å². The highest BCUT2D eigenvalue weighted by Gasteiger charge is 2.44. The van der Waals surface area contributed by atoms with E-state index in [2.05, 4.69) is 29.8 Å². The zero-order chi connectivity index (χ0) is 24.9. The van der Waals surface area contributed by atoms with Crippen molar-refractivity contribution in [3.63, 3.8) is 0 Å². The maximum absolute atomic E-state index is 14.2. The van der Waals surface area contributed by atoms with Gasteiger partial charge in [-0.25, -0.2) is 15.0 Å². The predicted octanol–water partition coefficient (Wildman–Crippen LogP) is 1.30. The number of nitrogens with one attached hydrogen (secondary N) is 1. The standard InChI is InChI=1S/C25H41FN6O2/c1-17(2)7-13-34-24(33)23-22(20-14-19(26)4-8-25(20,3)30-23)21(28)16-32(29)15-18-5-10-31(11-6-18)12-9-27/h4,14,16-18,30H,5-13,15,27-29H2,1-3H3/p+1.